The van der Waals surface area contributed by atoms with Gasteiger partial charge in [-0.3, -0.25) is 9.48 Å². The highest BCUT2D eigenvalue weighted by atomic mass is 16.2. The molecule has 2 aliphatic heterocycles. The Labute approximate surface area is 144 Å². The molecule has 0 aromatic carbocycles. The minimum absolute atomic E-state index is 0.278. The van der Waals surface area contributed by atoms with Gasteiger partial charge >= 0.3 is 0 Å². The molecule has 2 bridgehead atoms. The first-order valence-electron chi connectivity index (χ1n) is 9.36. The van der Waals surface area contributed by atoms with Crippen LogP contribution < -0.4 is 5.32 Å². The molecule has 4 rings (SSSR count). The molecule has 24 heavy (non-hydrogen) atoms. The van der Waals surface area contributed by atoms with Crippen LogP contribution in [0.1, 0.15) is 52.9 Å². The van der Waals surface area contributed by atoms with Crippen LogP contribution in [0, 0.1) is 10.8 Å². The minimum Gasteiger partial charge on any atom is -0.337 e. The van der Waals surface area contributed by atoms with Crippen molar-refractivity contribution in [1.82, 2.24) is 20.0 Å². The molecular weight excluding hydrogens is 300 g/mol. The Hall–Kier alpha value is -1.36. The normalized spacial score (nSPS) is 34.3. The maximum Gasteiger partial charge on any atom is 0.250 e. The number of nitrogens with zero attached hydrogens (tertiary/aromatic N) is 3. The number of aromatic nitrogens is 2. The summed E-state index contributed by atoms with van der Waals surface area (Å²) in [6, 6.07) is 2.33. The molecule has 132 valence electrons. The molecule has 2 unspecified atom stereocenters. The molecule has 0 spiro atoms. The maximum absolute atomic E-state index is 13.8. The summed E-state index contributed by atoms with van der Waals surface area (Å²) < 4.78 is 1.94. The topological polar surface area (TPSA) is 50.2 Å². The predicted molar refractivity (Wildman–Crippen MR) is 93.5 cm³/mol. The van der Waals surface area contributed by atoms with E-state index in [1.54, 1.807) is 6.20 Å². The third kappa shape index (κ3) is 2.48. The van der Waals surface area contributed by atoms with E-state index in [4.69, 9.17) is 0 Å². The van der Waals surface area contributed by atoms with Crippen LogP contribution in [-0.4, -0.2) is 46.3 Å². The summed E-state index contributed by atoms with van der Waals surface area (Å²) in [5.74, 6) is 0.305. The summed E-state index contributed by atoms with van der Waals surface area (Å²) in [5.41, 5.74) is 0.118. The Morgan fingerprint density at radius 3 is 2.62 bits per heavy atom. The third-order valence-electron chi connectivity index (χ3n) is 6.45. The quantitative estimate of drug-likeness (QED) is 0.906. The monoisotopic (exact) mass is 330 g/mol. The molecule has 3 aliphatic rings. The first-order valence-corrected chi connectivity index (χ1v) is 9.36. The van der Waals surface area contributed by atoms with Crippen LogP contribution in [-0.2, 0) is 10.3 Å². The van der Waals surface area contributed by atoms with Crippen LogP contribution in [0.2, 0.25) is 0 Å². The average Bonchev–Trinajstić information content (AvgIpc) is 3.13. The highest BCUT2D eigenvalue weighted by Gasteiger charge is 2.55. The number of likely N-dealkylation sites (tertiary alicyclic amines) is 1. The van der Waals surface area contributed by atoms with E-state index in [1.807, 2.05) is 16.9 Å². The van der Waals surface area contributed by atoms with E-state index in [0.717, 1.165) is 45.3 Å². The number of carbonyl (C=O) groups excluding carboxylic acids is 1. The molecule has 5 heteroatoms. The fourth-order valence-corrected chi connectivity index (χ4v) is 5.87. The molecule has 1 amide bonds. The fourth-order valence-electron chi connectivity index (χ4n) is 5.87. The number of nitrogens with one attached hydrogen (secondary N) is 1. The molecule has 1 N–H and O–H groups in total. The summed E-state index contributed by atoms with van der Waals surface area (Å²) in [5, 5.41) is 7.88. The second-order valence-corrected chi connectivity index (χ2v) is 9.38. The van der Waals surface area contributed by atoms with Gasteiger partial charge in [-0.1, -0.05) is 20.8 Å². The molecule has 1 aromatic heterocycles. The Bertz CT molecular complexity index is 617. The van der Waals surface area contributed by atoms with E-state index < -0.39 is 5.54 Å². The summed E-state index contributed by atoms with van der Waals surface area (Å²) in [7, 11) is 0. The van der Waals surface area contributed by atoms with Crippen molar-refractivity contribution >= 4 is 5.91 Å². The van der Waals surface area contributed by atoms with Gasteiger partial charge in [0.15, 0.2) is 0 Å². The number of piperidine rings is 1. The van der Waals surface area contributed by atoms with Crippen molar-refractivity contribution in [2.75, 3.05) is 19.6 Å². The lowest BCUT2D eigenvalue weighted by Crippen LogP contribution is -2.56. The number of carbonyl (C=O) groups is 1. The van der Waals surface area contributed by atoms with Crippen molar-refractivity contribution in [2.24, 2.45) is 10.8 Å². The first kappa shape index (κ1) is 16.1. The van der Waals surface area contributed by atoms with Crippen molar-refractivity contribution in [3.63, 3.8) is 0 Å². The van der Waals surface area contributed by atoms with Crippen molar-refractivity contribution in [2.45, 2.75) is 64.5 Å². The summed E-state index contributed by atoms with van der Waals surface area (Å²) in [6.45, 7) is 9.77. The summed E-state index contributed by atoms with van der Waals surface area (Å²) in [6.07, 6.45) is 8.93. The van der Waals surface area contributed by atoms with E-state index >= 15 is 0 Å². The maximum atomic E-state index is 13.8. The predicted octanol–water partition coefficient (Wildman–Crippen LogP) is 2.39. The molecule has 5 nitrogen and oxygen atoms in total. The van der Waals surface area contributed by atoms with Gasteiger partial charge in [-0.25, -0.2) is 0 Å². The van der Waals surface area contributed by atoms with E-state index in [1.165, 1.54) is 6.42 Å². The number of amides is 1. The fraction of sp³-hybridized carbons (Fsp3) is 0.789. The van der Waals surface area contributed by atoms with Crippen molar-refractivity contribution in [1.29, 1.82) is 0 Å². The van der Waals surface area contributed by atoms with E-state index in [9.17, 15) is 4.79 Å². The molecule has 1 aromatic rings. The molecule has 2 atom stereocenters. The number of hydrogen-bond acceptors (Lipinski definition) is 3. The number of fused-ring (bicyclic) bond motifs is 2. The zero-order chi connectivity index (χ0) is 17.0. The Morgan fingerprint density at radius 1 is 1.21 bits per heavy atom. The van der Waals surface area contributed by atoms with E-state index in [-0.39, 0.29) is 5.41 Å². The molecule has 2 saturated heterocycles. The number of rotatable bonds is 2. The third-order valence-corrected chi connectivity index (χ3v) is 6.45. The average molecular weight is 330 g/mol. The Kier molecular flexibility index (Phi) is 3.57. The van der Waals surface area contributed by atoms with Crippen molar-refractivity contribution in [3.8, 4) is 0 Å². The van der Waals surface area contributed by atoms with Gasteiger partial charge in [-0.15, -0.1) is 0 Å². The van der Waals surface area contributed by atoms with E-state index in [0.29, 0.717) is 17.4 Å². The zero-order valence-electron chi connectivity index (χ0n) is 15.2. The van der Waals surface area contributed by atoms with Crippen LogP contribution in [0.5, 0.6) is 0 Å². The van der Waals surface area contributed by atoms with Crippen molar-refractivity contribution < 1.29 is 4.79 Å². The molecule has 3 heterocycles. The van der Waals surface area contributed by atoms with Crippen LogP contribution in [0.15, 0.2) is 18.5 Å². The lowest BCUT2D eigenvalue weighted by Gasteiger charge is -2.42. The van der Waals surface area contributed by atoms with Gasteiger partial charge in [0.25, 0.3) is 5.91 Å². The molecule has 1 aliphatic carbocycles. The minimum atomic E-state index is -0.493. The van der Waals surface area contributed by atoms with Gasteiger partial charge in [0.2, 0.25) is 0 Å². The van der Waals surface area contributed by atoms with Gasteiger partial charge in [0.05, 0.1) is 0 Å². The van der Waals surface area contributed by atoms with Gasteiger partial charge in [-0.05, 0) is 62.1 Å². The SMILES string of the molecule is CC1(C)CC2CC(C)(CN2C(=O)C2(n3cccn3)CCNCC2)C1. The highest BCUT2D eigenvalue weighted by Crippen LogP contribution is 2.53. The highest BCUT2D eigenvalue weighted by molar-refractivity contribution is 5.85. The molecule has 0 radical (unpaired) electrons. The zero-order valence-corrected chi connectivity index (χ0v) is 15.2. The summed E-state index contributed by atoms with van der Waals surface area (Å²) >= 11 is 0. The lowest BCUT2D eigenvalue weighted by molar-refractivity contribution is -0.144. The lowest BCUT2D eigenvalue weighted by atomic mass is 9.65. The van der Waals surface area contributed by atoms with Crippen LogP contribution in [0.3, 0.4) is 0 Å². The van der Waals surface area contributed by atoms with Crippen LogP contribution >= 0.6 is 0 Å². The number of hydrogen-bond donors (Lipinski definition) is 1. The van der Waals surface area contributed by atoms with Crippen LogP contribution in [0.4, 0.5) is 0 Å². The van der Waals surface area contributed by atoms with Crippen LogP contribution in [0.25, 0.3) is 0 Å². The standard InChI is InChI=1S/C19H30N4O/c1-17(2)11-15-12-18(3,13-17)14-22(15)16(24)19(5-8-20-9-6-19)23-10-4-7-21-23/h4,7,10,15,20H,5-6,8-9,11-14H2,1-3H3. The van der Waals surface area contributed by atoms with Crippen molar-refractivity contribution in [3.05, 3.63) is 18.5 Å². The summed E-state index contributed by atoms with van der Waals surface area (Å²) in [4.78, 5) is 16.0. The van der Waals surface area contributed by atoms with Gasteiger partial charge in [-0.2, -0.15) is 5.10 Å². The first-order chi connectivity index (χ1) is 11.3. The van der Waals surface area contributed by atoms with Gasteiger partial charge in [0.1, 0.15) is 5.54 Å². The van der Waals surface area contributed by atoms with Gasteiger partial charge < -0.3 is 10.2 Å². The second-order valence-electron chi connectivity index (χ2n) is 9.38. The smallest absolute Gasteiger partial charge is 0.250 e. The molecule has 3 fully saturated rings. The molecule has 1 saturated carbocycles. The largest absolute Gasteiger partial charge is 0.337 e. The Morgan fingerprint density at radius 2 is 1.96 bits per heavy atom. The second kappa shape index (κ2) is 5.32. The Balaban J connectivity index is 1.67. The molecular formula is C19H30N4O. The van der Waals surface area contributed by atoms with E-state index in [2.05, 4.69) is 36.1 Å². The van der Waals surface area contributed by atoms with Gasteiger partial charge in [0, 0.05) is 25.0 Å².